The van der Waals surface area contributed by atoms with E-state index in [0.717, 1.165) is 61.3 Å². The van der Waals surface area contributed by atoms with E-state index in [4.69, 9.17) is 16.1 Å². The maximum absolute atomic E-state index is 6.25. The lowest BCUT2D eigenvalue weighted by Gasteiger charge is -2.20. The number of hydrogen-bond acceptors (Lipinski definition) is 5. The summed E-state index contributed by atoms with van der Waals surface area (Å²) in [5.41, 5.74) is 2.11. The Morgan fingerprint density at radius 2 is 2.31 bits per heavy atom. The number of anilines is 1. The molecule has 0 amide bonds. The van der Waals surface area contributed by atoms with Gasteiger partial charge >= 0.3 is 0 Å². The number of aromatic nitrogens is 2. The Morgan fingerprint density at radius 3 is 3.00 bits per heavy atom. The third-order valence-corrected chi connectivity index (χ3v) is 4.93. The molecule has 3 heterocycles. The summed E-state index contributed by atoms with van der Waals surface area (Å²) < 4.78 is 5.20. The molecular weight excluding hydrogens is 352 g/mol. The van der Waals surface area contributed by atoms with Crippen LogP contribution in [0.4, 0.5) is 5.82 Å². The number of nitrogens with one attached hydrogen (secondary N) is 2. The minimum Gasteiger partial charge on any atom is -0.361 e. The molecule has 0 saturated carbocycles. The molecule has 8 heteroatoms. The van der Waals surface area contributed by atoms with Gasteiger partial charge in [0.1, 0.15) is 11.6 Å². The Bertz CT molecular complexity index is 755. The molecule has 0 spiro atoms. The fraction of sp³-hybridized carbons (Fsp3) is 0.500. The van der Waals surface area contributed by atoms with Gasteiger partial charge in [0.05, 0.1) is 10.7 Å². The molecule has 0 aromatic carbocycles. The van der Waals surface area contributed by atoms with Crippen molar-refractivity contribution in [2.24, 2.45) is 4.99 Å². The number of aryl methyl sites for hydroxylation is 2. The van der Waals surface area contributed by atoms with Gasteiger partial charge in [0, 0.05) is 44.5 Å². The zero-order chi connectivity index (χ0) is 18.5. The zero-order valence-corrected chi connectivity index (χ0v) is 16.2. The summed E-state index contributed by atoms with van der Waals surface area (Å²) >= 11 is 6.25. The first-order chi connectivity index (χ1) is 12.6. The Balaban J connectivity index is 1.49. The van der Waals surface area contributed by atoms with E-state index in [-0.39, 0.29) is 0 Å². The average Bonchev–Trinajstić information content (AvgIpc) is 3.22. The SMILES string of the molecule is CN=C(NCCc1c(C)noc1C)NC1CCN(c2ncccc2Cl)C1. The van der Waals surface area contributed by atoms with Crippen LogP contribution in [0.5, 0.6) is 0 Å². The smallest absolute Gasteiger partial charge is 0.191 e. The summed E-state index contributed by atoms with van der Waals surface area (Å²) in [5.74, 6) is 2.53. The van der Waals surface area contributed by atoms with Gasteiger partial charge in [-0.1, -0.05) is 16.8 Å². The van der Waals surface area contributed by atoms with Gasteiger partial charge < -0.3 is 20.1 Å². The lowest BCUT2D eigenvalue weighted by atomic mass is 10.1. The van der Waals surface area contributed by atoms with Crippen LogP contribution in [-0.2, 0) is 6.42 Å². The fourth-order valence-corrected chi connectivity index (χ4v) is 3.47. The summed E-state index contributed by atoms with van der Waals surface area (Å²) in [5, 5.41) is 11.5. The van der Waals surface area contributed by atoms with E-state index >= 15 is 0 Å². The Labute approximate surface area is 158 Å². The normalized spacial score (nSPS) is 17.6. The summed E-state index contributed by atoms with van der Waals surface area (Å²) in [6.07, 6.45) is 3.64. The molecule has 1 unspecified atom stereocenters. The minimum atomic E-state index is 0.304. The lowest BCUT2D eigenvalue weighted by molar-refractivity contribution is 0.392. The Morgan fingerprint density at radius 1 is 1.46 bits per heavy atom. The van der Waals surface area contributed by atoms with Crippen molar-refractivity contribution in [3.8, 4) is 0 Å². The molecule has 0 bridgehead atoms. The summed E-state index contributed by atoms with van der Waals surface area (Å²) in [6.45, 7) is 6.45. The van der Waals surface area contributed by atoms with Crippen LogP contribution < -0.4 is 15.5 Å². The molecule has 3 rings (SSSR count). The van der Waals surface area contributed by atoms with E-state index in [9.17, 15) is 0 Å². The van der Waals surface area contributed by atoms with Crippen molar-refractivity contribution < 1.29 is 4.52 Å². The highest BCUT2D eigenvalue weighted by molar-refractivity contribution is 6.32. The Kier molecular flexibility index (Phi) is 5.98. The number of hydrogen-bond donors (Lipinski definition) is 2. The highest BCUT2D eigenvalue weighted by Gasteiger charge is 2.25. The Hall–Kier alpha value is -2.28. The number of halogens is 1. The van der Waals surface area contributed by atoms with E-state index in [1.807, 2.05) is 26.0 Å². The van der Waals surface area contributed by atoms with Gasteiger partial charge in [-0.15, -0.1) is 0 Å². The van der Waals surface area contributed by atoms with Crippen molar-refractivity contribution in [3.05, 3.63) is 40.4 Å². The van der Waals surface area contributed by atoms with Gasteiger partial charge in [0.2, 0.25) is 0 Å². The van der Waals surface area contributed by atoms with Gasteiger partial charge in [-0.05, 0) is 38.8 Å². The molecule has 1 atom stereocenters. The van der Waals surface area contributed by atoms with Crippen molar-refractivity contribution in [2.75, 3.05) is 31.6 Å². The van der Waals surface area contributed by atoms with E-state index in [1.54, 1.807) is 13.2 Å². The fourth-order valence-electron chi connectivity index (χ4n) is 3.23. The van der Waals surface area contributed by atoms with Gasteiger partial charge in [0.25, 0.3) is 0 Å². The molecule has 1 fully saturated rings. The topological polar surface area (TPSA) is 78.6 Å². The number of pyridine rings is 1. The van der Waals surface area contributed by atoms with Crippen molar-refractivity contribution in [1.82, 2.24) is 20.8 Å². The van der Waals surface area contributed by atoms with E-state index in [1.165, 1.54) is 0 Å². The predicted octanol–water partition coefficient (Wildman–Crippen LogP) is 2.33. The second-order valence-electron chi connectivity index (χ2n) is 6.44. The molecule has 1 aliphatic heterocycles. The molecule has 1 saturated heterocycles. The summed E-state index contributed by atoms with van der Waals surface area (Å²) in [4.78, 5) is 10.9. The quantitative estimate of drug-likeness (QED) is 0.616. The molecule has 1 aliphatic rings. The molecular formula is C18H25ClN6O. The predicted molar refractivity (Wildman–Crippen MR) is 104 cm³/mol. The van der Waals surface area contributed by atoms with Crippen LogP contribution in [0.1, 0.15) is 23.4 Å². The van der Waals surface area contributed by atoms with Crippen molar-refractivity contribution >= 4 is 23.4 Å². The van der Waals surface area contributed by atoms with Crippen LogP contribution in [0, 0.1) is 13.8 Å². The van der Waals surface area contributed by atoms with Gasteiger partial charge in [0.15, 0.2) is 5.96 Å². The molecule has 0 aliphatic carbocycles. The largest absolute Gasteiger partial charge is 0.361 e. The second-order valence-corrected chi connectivity index (χ2v) is 6.84. The van der Waals surface area contributed by atoms with Crippen LogP contribution >= 0.6 is 11.6 Å². The van der Waals surface area contributed by atoms with Crippen molar-refractivity contribution in [1.29, 1.82) is 0 Å². The zero-order valence-electron chi connectivity index (χ0n) is 15.4. The van der Waals surface area contributed by atoms with E-state index < -0.39 is 0 Å². The van der Waals surface area contributed by atoms with Crippen LogP contribution in [0.3, 0.4) is 0 Å². The van der Waals surface area contributed by atoms with Crippen LogP contribution in [0.15, 0.2) is 27.8 Å². The molecule has 2 aromatic rings. The molecule has 26 heavy (non-hydrogen) atoms. The van der Waals surface area contributed by atoms with Crippen LogP contribution in [0.2, 0.25) is 5.02 Å². The standard InChI is InChI=1S/C18H25ClN6O/c1-12-15(13(2)26-24-12)6-9-22-18(20-3)23-14-7-10-25(11-14)17-16(19)5-4-8-21-17/h4-5,8,14H,6-7,9-11H2,1-3H3,(H2,20,22,23). The number of rotatable bonds is 5. The third kappa shape index (κ3) is 4.27. The third-order valence-electron chi connectivity index (χ3n) is 4.64. The van der Waals surface area contributed by atoms with Gasteiger partial charge in [-0.2, -0.15) is 0 Å². The molecule has 140 valence electrons. The number of guanidine groups is 1. The molecule has 0 radical (unpaired) electrons. The first kappa shape index (κ1) is 18.5. The van der Waals surface area contributed by atoms with Crippen molar-refractivity contribution in [2.45, 2.75) is 32.7 Å². The lowest BCUT2D eigenvalue weighted by Crippen LogP contribution is -2.45. The number of nitrogens with zero attached hydrogens (tertiary/aromatic N) is 4. The maximum atomic E-state index is 6.25. The van der Waals surface area contributed by atoms with Gasteiger partial charge in [-0.3, -0.25) is 4.99 Å². The van der Waals surface area contributed by atoms with Crippen molar-refractivity contribution in [3.63, 3.8) is 0 Å². The first-order valence-electron chi connectivity index (χ1n) is 8.83. The minimum absolute atomic E-state index is 0.304. The molecule has 7 nitrogen and oxygen atoms in total. The number of aliphatic imine (C=N–C) groups is 1. The highest BCUT2D eigenvalue weighted by atomic mass is 35.5. The van der Waals surface area contributed by atoms with Crippen LogP contribution in [0.25, 0.3) is 0 Å². The van der Waals surface area contributed by atoms with Gasteiger partial charge in [-0.25, -0.2) is 4.98 Å². The highest BCUT2D eigenvalue weighted by Crippen LogP contribution is 2.25. The first-order valence-corrected chi connectivity index (χ1v) is 9.20. The maximum Gasteiger partial charge on any atom is 0.191 e. The van der Waals surface area contributed by atoms with E-state index in [2.05, 4.69) is 30.7 Å². The summed E-state index contributed by atoms with van der Waals surface area (Å²) in [6, 6.07) is 4.03. The molecule has 2 aromatic heterocycles. The monoisotopic (exact) mass is 376 g/mol. The van der Waals surface area contributed by atoms with Crippen LogP contribution in [-0.4, -0.2) is 48.8 Å². The van der Waals surface area contributed by atoms with E-state index in [0.29, 0.717) is 11.1 Å². The molecule has 2 N–H and O–H groups in total. The average molecular weight is 377 g/mol. The second kappa shape index (κ2) is 8.40. The summed E-state index contributed by atoms with van der Waals surface area (Å²) in [7, 11) is 1.79.